The number of nitro benzene ring substituents is 1. The minimum absolute atomic E-state index is 0.109. The molecule has 0 spiro atoms. The smallest absolute Gasteiger partial charge is 0.258 e. The molecule has 0 amide bonds. The van der Waals surface area contributed by atoms with Crippen LogP contribution in [0.4, 0.5) is 5.69 Å². The van der Waals surface area contributed by atoms with Crippen molar-refractivity contribution in [3.8, 4) is 0 Å². The minimum atomic E-state index is -0.500. The Morgan fingerprint density at radius 2 is 2.17 bits per heavy atom. The lowest BCUT2D eigenvalue weighted by Crippen LogP contribution is -1.93. The zero-order chi connectivity index (χ0) is 13.1. The number of hydrogen-bond acceptors (Lipinski definition) is 5. The van der Waals surface area contributed by atoms with Gasteiger partial charge in [-0.15, -0.1) is 0 Å². The zero-order valence-corrected chi connectivity index (χ0v) is 10.9. The van der Waals surface area contributed by atoms with Crippen LogP contribution in [-0.4, -0.2) is 14.9 Å². The molecule has 0 unspecified atom stereocenters. The number of benzene rings is 1. The fourth-order valence-electron chi connectivity index (χ4n) is 1.33. The summed E-state index contributed by atoms with van der Waals surface area (Å²) in [5.74, 6) is 0. The summed E-state index contributed by atoms with van der Waals surface area (Å²) in [5.41, 5.74) is 0.687. The van der Waals surface area contributed by atoms with E-state index in [2.05, 4.69) is 9.97 Å². The molecule has 0 fully saturated rings. The van der Waals surface area contributed by atoms with E-state index in [0.29, 0.717) is 10.1 Å². The van der Waals surface area contributed by atoms with E-state index < -0.39 is 4.92 Å². The molecule has 0 saturated heterocycles. The van der Waals surface area contributed by atoms with Gasteiger partial charge in [-0.1, -0.05) is 17.7 Å². The number of aryl methyl sites for hydroxylation is 1. The molecular weight excluding hydrogens is 274 g/mol. The standard InChI is InChI=1S/C11H8ClN3O2S/c1-7-5-6-13-11(14-7)18-9-4-2-3-8(12)10(9)15(16)17/h2-6H,1H3. The lowest BCUT2D eigenvalue weighted by Gasteiger charge is -2.03. The Morgan fingerprint density at radius 1 is 1.39 bits per heavy atom. The molecule has 1 aromatic heterocycles. The van der Waals surface area contributed by atoms with Crippen LogP contribution in [0.15, 0.2) is 40.5 Å². The number of hydrogen-bond donors (Lipinski definition) is 0. The second kappa shape index (κ2) is 5.32. The molecule has 2 aromatic rings. The maximum Gasteiger partial charge on any atom is 0.301 e. The molecule has 0 saturated carbocycles. The van der Waals surface area contributed by atoms with Gasteiger partial charge in [-0.05, 0) is 36.9 Å². The molecule has 0 aliphatic heterocycles. The van der Waals surface area contributed by atoms with E-state index in [0.717, 1.165) is 17.5 Å². The van der Waals surface area contributed by atoms with Crippen LogP contribution in [0.25, 0.3) is 0 Å². The van der Waals surface area contributed by atoms with E-state index in [1.54, 1.807) is 24.4 Å². The summed E-state index contributed by atoms with van der Waals surface area (Å²) in [7, 11) is 0. The largest absolute Gasteiger partial charge is 0.301 e. The van der Waals surface area contributed by atoms with Crippen molar-refractivity contribution < 1.29 is 4.92 Å². The lowest BCUT2D eigenvalue weighted by atomic mass is 10.3. The predicted molar refractivity (Wildman–Crippen MR) is 69.0 cm³/mol. The highest BCUT2D eigenvalue weighted by Gasteiger charge is 2.19. The highest BCUT2D eigenvalue weighted by atomic mass is 35.5. The molecule has 0 N–H and O–H groups in total. The number of aromatic nitrogens is 2. The zero-order valence-electron chi connectivity index (χ0n) is 9.33. The third-order valence-corrected chi connectivity index (χ3v) is 3.34. The highest BCUT2D eigenvalue weighted by Crippen LogP contribution is 2.37. The third kappa shape index (κ3) is 2.77. The number of para-hydroxylation sites is 1. The molecule has 92 valence electrons. The number of rotatable bonds is 3. The maximum absolute atomic E-state index is 11.0. The Kier molecular flexibility index (Phi) is 3.78. The molecule has 0 radical (unpaired) electrons. The van der Waals surface area contributed by atoms with Gasteiger partial charge in [0.25, 0.3) is 0 Å². The monoisotopic (exact) mass is 281 g/mol. The van der Waals surface area contributed by atoms with Crippen molar-refractivity contribution in [2.24, 2.45) is 0 Å². The molecule has 0 aliphatic carbocycles. The van der Waals surface area contributed by atoms with E-state index >= 15 is 0 Å². The van der Waals surface area contributed by atoms with Crippen LogP contribution < -0.4 is 0 Å². The predicted octanol–water partition coefficient (Wildman–Crippen LogP) is 3.50. The van der Waals surface area contributed by atoms with Crippen LogP contribution in [0, 0.1) is 17.0 Å². The summed E-state index contributed by atoms with van der Waals surface area (Å²) in [6.45, 7) is 1.83. The van der Waals surface area contributed by atoms with E-state index in [9.17, 15) is 10.1 Å². The SMILES string of the molecule is Cc1ccnc(Sc2cccc(Cl)c2[N+](=O)[O-])n1. The van der Waals surface area contributed by atoms with Crippen molar-refractivity contribution in [2.45, 2.75) is 17.0 Å². The van der Waals surface area contributed by atoms with E-state index in [1.807, 2.05) is 6.92 Å². The van der Waals surface area contributed by atoms with Crippen LogP contribution in [0.5, 0.6) is 0 Å². The first-order valence-electron chi connectivity index (χ1n) is 4.98. The molecule has 7 heteroatoms. The van der Waals surface area contributed by atoms with Crippen LogP contribution >= 0.6 is 23.4 Å². The first-order valence-corrected chi connectivity index (χ1v) is 6.18. The summed E-state index contributed by atoms with van der Waals surface area (Å²) in [6, 6.07) is 6.53. The first kappa shape index (κ1) is 12.8. The van der Waals surface area contributed by atoms with Gasteiger partial charge in [0, 0.05) is 11.9 Å². The average molecular weight is 282 g/mol. The van der Waals surface area contributed by atoms with Gasteiger partial charge in [-0.25, -0.2) is 9.97 Å². The number of nitro groups is 1. The molecular formula is C11H8ClN3O2S. The summed E-state index contributed by atoms with van der Waals surface area (Å²) in [4.78, 5) is 19.1. The summed E-state index contributed by atoms with van der Waals surface area (Å²) < 4.78 is 0. The third-order valence-electron chi connectivity index (χ3n) is 2.11. The number of nitrogens with zero attached hydrogens (tertiary/aromatic N) is 3. The van der Waals surface area contributed by atoms with Gasteiger partial charge in [0.1, 0.15) is 5.02 Å². The van der Waals surface area contributed by atoms with Crippen molar-refractivity contribution in [3.05, 3.63) is 51.3 Å². The summed E-state index contributed by atoms with van der Waals surface area (Å²) in [5, 5.41) is 11.5. The van der Waals surface area contributed by atoms with E-state index in [1.165, 1.54) is 6.07 Å². The Bertz CT molecular complexity index is 607. The second-order valence-electron chi connectivity index (χ2n) is 3.43. The molecule has 0 aliphatic rings. The lowest BCUT2D eigenvalue weighted by molar-refractivity contribution is -0.387. The van der Waals surface area contributed by atoms with Crippen molar-refractivity contribution in [2.75, 3.05) is 0 Å². The minimum Gasteiger partial charge on any atom is -0.258 e. The maximum atomic E-state index is 11.0. The molecule has 18 heavy (non-hydrogen) atoms. The Hall–Kier alpha value is -1.66. The van der Waals surface area contributed by atoms with Crippen LogP contribution in [-0.2, 0) is 0 Å². The fourth-order valence-corrected chi connectivity index (χ4v) is 2.56. The molecule has 0 atom stereocenters. The molecule has 5 nitrogen and oxygen atoms in total. The highest BCUT2D eigenvalue weighted by molar-refractivity contribution is 7.99. The summed E-state index contributed by atoms with van der Waals surface area (Å²) >= 11 is 6.95. The average Bonchev–Trinajstić information content (AvgIpc) is 2.28. The van der Waals surface area contributed by atoms with E-state index in [-0.39, 0.29) is 10.7 Å². The van der Waals surface area contributed by atoms with Crippen molar-refractivity contribution in [3.63, 3.8) is 0 Å². The van der Waals surface area contributed by atoms with Gasteiger partial charge in [-0.3, -0.25) is 10.1 Å². The van der Waals surface area contributed by atoms with Crippen LogP contribution in [0.3, 0.4) is 0 Å². The van der Waals surface area contributed by atoms with Gasteiger partial charge >= 0.3 is 5.69 Å². The van der Waals surface area contributed by atoms with E-state index in [4.69, 9.17) is 11.6 Å². The molecule has 1 heterocycles. The second-order valence-corrected chi connectivity index (χ2v) is 4.84. The van der Waals surface area contributed by atoms with Gasteiger partial charge in [0.15, 0.2) is 5.16 Å². The summed E-state index contributed by atoms with van der Waals surface area (Å²) in [6.07, 6.45) is 1.61. The van der Waals surface area contributed by atoms with Gasteiger partial charge in [-0.2, -0.15) is 0 Å². The van der Waals surface area contributed by atoms with Gasteiger partial charge in [0.05, 0.1) is 9.82 Å². The van der Waals surface area contributed by atoms with Crippen molar-refractivity contribution in [1.82, 2.24) is 9.97 Å². The van der Waals surface area contributed by atoms with Crippen LogP contribution in [0.1, 0.15) is 5.69 Å². The quantitative estimate of drug-likeness (QED) is 0.489. The number of halogens is 1. The van der Waals surface area contributed by atoms with Crippen molar-refractivity contribution in [1.29, 1.82) is 0 Å². The molecule has 0 bridgehead atoms. The molecule has 1 aromatic carbocycles. The fraction of sp³-hybridized carbons (Fsp3) is 0.0909. The molecule has 2 rings (SSSR count). The topological polar surface area (TPSA) is 68.9 Å². The Balaban J connectivity index is 2.40. The first-order chi connectivity index (χ1) is 8.58. The van der Waals surface area contributed by atoms with Crippen molar-refractivity contribution >= 4 is 29.1 Å². The Morgan fingerprint density at radius 3 is 2.83 bits per heavy atom. The Labute approximate surface area is 112 Å². The van der Waals surface area contributed by atoms with Gasteiger partial charge in [0.2, 0.25) is 0 Å². The normalized spacial score (nSPS) is 10.3. The van der Waals surface area contributed by atoms with Gasteiger partial charge < -0.3 is 0 Å². The van der Waals surface area contributed by atoms with Crippen LogP contribution in [0.2, 0.25) is 5.02 Å².